The van der Waals surface area contributed by atoms with Gasteiger partial charge >= 0.3 is 0 Å². The Morgan fingerprint density at radius 3 is 1.94 bits per heavy atom. The molecule has 0 amide bonds. The average Bonchev–Trinajstić information content (AvgIpc) is 2.64. The van der Waals surface area contributed by atoms with Crippen LogP contribution in [0.3, 0.4) is 0 Å². The molecule has 1 heterocycles. The lowest BCUT2D eigenvalue weighted by Crippen LogP contribution is -2.36. The summed E-state index contributed by atoms with van der Waals surface area (Å²) in [4.78, 5) is 4.94. The summed E-state index contributed by atoms with van der Waals surface area (Å²) in [5.74, 6) is 0. The van der Waals surface area contributed by atoms with Gasteiger partial charge in [0.1, 0.15) is 0 Å². The van der Waals surface area contributed by atoms with Gasteiger partial charge in [0, 0.05) is 25.5 Å². The van der Waals surface area contributed by atoms with Gasteiger partial charge in [-0.1, -0.05) is 39.5 Å². The van der Waals surface area contributed by atoms with E-state index in [2.05, 4.69) is 43.0 Å². The van der Waals surface area contributed by atoms with Crippen LogP contribution < -0.4 is 0 Å². The normalized spacial score (nSPS) is 19.8. The molecular formula is C14H28N2. The smallest absolute Gasteiger partial charge is 0.0977 e. The van der Waals surface area contributed by atoms with Gasteiger partial charge in [-0.2, -0.15) is 0 Å². The molecule has 1 aliphatic heterocycles. The topological polar surface area (TPSA) is 6.48 Å². The fourth-order valence-electron chi connectivity index (χ4n) is 2.20. The van der Waals surface area contributed by atoms with Crippen LogP contribution in [0, 0.1) is 0 Å². The molecular weight excluding hydrogens is 196 g/mol. The molecule has 0 aromatic carbocycles. The first-order valence-corrected chi connectivity index (χ1v) is 6.99. The highest BCUT2D eigenvalue weighted by Gasteiger charge is 2.20. The second-order valence-electron chi connectivity index (χ2n) is 4.82. The summed E-state index contributed by atoms with van der Waals surface area (Å²) in [7, 11) is 0. The molecule has 1 aliphatic rings. The number of hydrogen-bond acceptors (Lipinski definition) is 2. The Bertz CT molecular complexity index is 201. The summed E-state index contributed by atoms with van der Waals surface area (Å²) >= 11 is 0. The third kappa shape index (κ3) is 4.07. The van der Waals surface area contributed by atoms with E-state index in [0.29, 0.717) is 6.17 Å². The van der Waals surface area contributed by atoms with Crippen molar-refractivity contribution in [3.05, 3.63) is 12.4 Å². The summed E-state index contributed by atoms with van der Waals surface area (Å²) in [5, 5.41) is 0. The molecule has 0 bridgehead atoms. The molecule has 0 saturated carbocycles. The van der Waals surface area contributed by atoms with Gasteiger partial charge in [-0.25, -0.2) is 0 Å². The Morgan fingerprint density at radius 1 is 0.812 bits per heavy atom. The summed E-state index contributed by atoms with van der Waals surface area (Å²) in [6, 6.07) is 0. The van der Waals surface area contributed by atoms with Crippen molar-refractivity contribution in [2.24, 2.45) is 0 Å². The maximum Gasteiger partial charge on any atom is 0.0977 e. The van der Waals surface area contributed by atoms with Crippen LogP contribution in [0.25, 0.3) is 0 Å². The Labute approximate surface area is 101 Å². The first-order valence-electron chi connectivity index (χ1n) is 6.99. The van der Waals surface area contributed by atoms with E-state index in [1.54, 1.807) is 0 Å². The van der Waals surface area contributed by atoms with Crippen molar-refractivity contribution in [2.75, 3.05) is 13.1 Å². The molecule has 2 heteroatoms. The van der Waals surface area contributed by atoms with Crippen molar-refractivity contribution < 1.29 is 0 Å². The molecule has 0 spiro atoms. The average molecular weight is 224 g/mol. The minimum Gasteiger partial charge on any atom is -0.356 e. The zero-order valence-corrected chi connectivity index (χ0v) is 11.3. The van der Waals surface area contributed by atoms with Crippen molar-refractivity contribution in [1.29, 1.82) is 0 Å². The summed E-state index contributed by atoms with van der Waals surface area (Å²) in [5.41, 5.74) is 0. The molecule has 0 aliphatic carbocycles. The van der Waals surface area contributed by atoms with Crippen LogP contribution in [0.2, 0.25) is 0 Å². The molecule has 1 atom stereocenters. The fraction of sp³-hybridized carbons (Fsp3) is 0.857. The maximum absolute atomic E-state index is 2.48. The Hall–Kier alpha value is -0.660. The largest absolute Gasteiger partial charge is 0.356 e. The molecule has 2 nitrogen and oxygen atoms in total. The lowest BCUT2D eigenvalue weighted by molar-refractivity contribution is 0.166. The van der Waals surface area contributed by atoms with Gasteiger partial charge in [-0.05, 0) is 19.8 Å². The lowest BCUT2D eigenvalue weighted by atomic mass is 10.2. The van der Waals surface area contributed by atoms with E-state index in [-0.39, 0.29) is 0 Å². The predicted molar refractivity (Wildman–Crippen MR) is 71.1 cm³/mol. The van der Waals surface area contributed by atoms with Crippen molar-refractivity contribution in [3.8, 4) is 0 Å². The maximum atomic E-state index is 2.48. The molecule has 0 aromatic rings. The minimum absolute atomic E-state index is 0.577. The quantitative estimate of drug-likeness (QED) is 0.579. The Morgan fingerprint density at radius 2 is 1.38 bits per heavy atom. The highest BCUT2D eigenvalue weighted by atomic mass is 15.4. The molecule has 94 valence electrons. The van der Waals surface area contributed by atoms with E-state index in [1.165, 1.54) is 51.6 Å². The third-order valence-corrected chi connectivity index (χ3v) is 3.45. The minimum atomic E-state index is 0.577. The highest BCUT2D eigenvalue weighted by molar-refractivity contribution is 4.95. The van der Waals surface area contributed by atoms with Gasteiger partial charge in [-0.3, -0.25) is 0 Å². The van der Waals surface area contributed by atoms with E-state index in [4.69, 9.17) is 0 Å². The summed E-state index contributed by atoms with van der Waals surface area (Å²) in [6.07, 6.45) is 13.1. The van der Waals surface area contributed by atoms with Crippen molar-refractivity contribution in [2.45, 2.75) is 65.5 Å². The van der Waals surface area contributed by atoms with Crippen molar-refractivity contribution in [1.82, 2.24) is 9.80 Å². The first-order chi connectivity index (χ1) is 7.79. The van der Waals surface area contributed by atoms with Crippen LogP contribution in [0.5, 0.6) is 0 Å². The number of nitrogens with zero attached hydrogens (tertiary/aromatic N) is 2. The van der Waals surface area contributed by atoms with E-state index < -0.39 is 0 Å². The van der Waals surface area contributed by atoms with Crippen LogP contribution in [-0.4, -0.2) is 29.1 Å². The molecule has 0 radical (unpaired) electrons. The molecule has 0 fully saturated rings. The molecule has 1 rings (SSSR count). The molecule has 0 saturated heterocycles. The molecule has 0 N–H and O–H groups in total. The van der Waals surface area contributed by atoms with E-state index in [0.717, 1.165) is 0 Å². The fourth-order valence-corrected chi connectivity index (χ4v) is 2.20. The summed E-state index contributed by atoms with van der Waals surface area (Å²) < 4.78 is 0. The van der Waals surface area contributed by atoms with E-state index in [9.17, 15) is 0 Å². The van der Waals surface area contributed by atoms with Gasteiger partial charge in [-0.15, -0.1) is 0 Å². The monoisotopic (exact) mass is 224 g/mol. The van der Waals surface area contributed by atoms with Gasteiger partial charge in [0.15, 0.2) is 0 Å². The second-order valence-corrected chi connectivity index (χ2v) is 4.82. The van der Waals surface area contributed by atoms with Crippen LogP contribution in [0.4, 0.5) is 0 Å². The number of hydrogen-bond donors (Lipinski definition) is 0. The lowest BCUT2D eigenvalue weighted by Gasteiger charge is -2.29. The highest BCUT2D eigenvalue weighted by Crippen LogP contribution is 2.17. The Balaban J connectivity index is 2.18. The standard InChI is InChI=1S/C14H28N2/c1-4-6-8-9-11-16-13-12-15(14(16)3)10-7-5-2/h12-14H,4-11H2,1-3H3. The predicted octanol–water partition coefficient (Wildman–Crippen LogP) is 3.80. The Kier molecular flexibility index (Phi) is 6.36. The van der Waals surface area contributed by atoms with Gasteiger partial charge in [0.2, 0.25) is 0 Å². The van der Waals surface area contributed by atoms with Crippen LogP contribution in [0.15, 0.2) is 12.4 Å². The van der Waals surface area contributed by atoms with E-state index in [1.807, 2.05) is 0 Å². The first kappa shape index (κ1) is 13.4. The van der Waals surface area contributed by atoms with Gasteiger partial charge in [0.25, 0.3) is 0 Å². The van der Waals surface area contributed by atoms with Crippen molar-refractivity contribution in [3.63, 3.8) is 0 Å². The van der Waals surface area contributed by atoms with Crippen LogP contribution in [-0.2, 0) is 0 Å². The zero-order valence-electron chi connectivity index (χ0n) is 11.3. The molecule has 1 unspecified atom stereocenters. The van der Waals surface area contributed by atoms with Crippen molar-refractivity contribution >= 4 is 0 Å². The number of unbranched alkanes of at least 4 members (excludes halogenated alkanes) is 4. The third-order valence-electron chi connectivity index (χ3n) is 3.45. The van der Waals surface area contributed by atoms with E-state index >= 15 is 0 Å². The van der Waals surface area contributed by atoms with Crippen LogP contribution in [0.1, 0.15) is 59.3 Å². The van der Waals surface area contributed by atoms with Gasteiger partial charge in [0.05, 0.1) is 6.17 Å². The molecule has 0 aromatic heterocycles. The van der Waals surface area contributed by atoms with Gasteiger partial charge < -0.3 is 9.80 Å². The SMILES string of the molecule is CCCCCCN1C=CN(CCCC)C1C. The summed E-state index contributed by atoms with van der Waals surface area (Å²) in [6.45, 7) is 9.27. The van der Waals surface area contributed by atoms with Crippen LogP contribution >= 0.6 is 0 Å². The zero-order chi connectivity index (χ0) is 11.8. The number of rotatable bonds is 8. The second kappa shape index (κ2) is 7.59. The molecule has 16 heavy (non-hydrogen) atoms.